The Labute approximate surface area is 138 Å². The van der Waals surface area contributed by atoms with E-state index in [1.54, 1.807) is 9.88 Å². The predicted molar refractivity (Wildman–Crippen MR) is 83.9 cm³/mol. The van der Waals surface area contributed by atoms with Crippen LogP contribution in [0.15, 0.2) is 16.9 Å². The number of rotatable bonds is 4. The van der Waals surface area contributed by atoms with Crippen molar-refractivity contribution in [2.24, 2.45) is 0 Å². The highest BCUT2D eigenvalue weighted by atomic mass is 19.4. The maximum absolute atomic E-state index is 12.6. The van der Waals surface area contributed by atoms with E-state index in [4.69, 9.17) is 0 Å². The summed E-state index contributed by atoms with van der Waals surface area (Å²) in [6.07, 6.45) is -1.18. The van der Waals surface area contributed by atoms with Crippen LogP contribution in [0.1, 0.15) is 41.7 Å². The topological polar surface area (TPSA) is 56.4 Å². The minimum atomic E-state index is -4.64. The number of amides is 1. The Kier molecular flexibility index (Phi) is 5.69. The molecule has 8 heteroatoms. The Morgan fingerprint density at radius 3 is 2.62 bits per heavy atom. The monoisotopic (exact) mass is 345 g/mol. The van der Waals surface area contributed by atoms with Crippen molar-refractivity contribution < 1.29 is 18.0 Å². The summed E-state index contributed by atoms with van der Waals surface area (Å²) in [6.45, 7) is 1.33. The third-order valence-corrected chi connectivity index (χ3v) is 4.24. The number of piperidine rings is 1. The zero-order valence-corrected chi connectivity index (χ0v) is 13.8. The lowest BCUT2D eigenvalue weighted by molar-refractivity contribution is -0.141. The number of alkyl halides is 3. The molecule has 1 fully saturated rings. The van der Waals surface area contributed by atoms with Crippen molar-refractivity contribution >= 4 is 5.91 Å². The van der Waals surface area contributed by atoms with Gasteiger partial charge in [-0.2, -0.15) is 13.2 Å². The van der Waals surface area contributed by atoms with Crippen molar-refractivity contribution in [2.75, 3.05) is 27.2 Å². The van der Waals surface area contributed by atoms with Gasteiger partial charge in [-0.05, 0) is 58.5 Å². The fraction of sp³-hybridized carbons (Fsp3) is 0.625. The molecular weight excluding hydrogens is 323 g/mol. The van der Waals surface area contributed by atoms with Crippen LogP contribution in [0.4, 0.5) is 13.2 Å². The van der Waals surface area contributed by atoms with Gasteiger partial charge in [0.05, 0.1) is 0 Å². The number of nitrogens with zero attached hydrogens (tertiary/aromatic N) is 2. The van der Waals surface area contributed by atoms with Gasteiger partial charge >= 0.3 is 6.18 Å². The van der Waals surface area contributed by atoms with Gasteiger partial charge in [-0.25, -0.2) is 0 Å². The molecule has 0 bridgehead atoms. The number of nitrogens with one attached hydrogen (secondary N) is 1. The maximum atomic E-state index is 12.6. The molecule has 0 radical (unpaired) electrons. The number of pyridine rings is 1. The predicted octanol–water partition coefficient (Wildman–Crippen LogP) is 2.34. The summed E-state index contributed by atoms with van der Waals surface area (Å²) in [5, 5.41) is 0. The van der Waals surface area contributed by atoms with Crippen LogP contribution in [0, 0.1) is 0 Å². The van der Waals surface area contributed by atoms with Crippen molar-refractivity contribution in [1.29, 1.82) is 0 Å². The largest absolute Gasteiger partial charge is 0.431 e. The van der Waals surface area contributed by atoms with Gasteiger partial charge in [0.15, 0.2) is 0 Å². The molecule has 0 saturated carbocycles. The molecule has 2 rings (SSSR count). The second kappa shape index (κ2) is 7.38. The molecule has 5 nitrogen and oxygen atoms in total. The minimum absolute atomic E-state index is 0.00958. The van der Waals surface area contributed by atoms with Crippen LogP contribution in [-0.2, 0) is 6.18 Å². The van der Waals surface area contributed by atoms with Crippen LogP contribution in [-0.4, -0.2) is 53.9 Å². The first kappa shape index (κ1) is 18.5. The number of carbonyl (C=O) groups is 1. The van der Waals surface area contributed by atoms with E-state index in [2.05, 4.69) is 0 Å². The van der Waals surface area contributed by atoms with Crippen LogP contribution in [0.3, 0.4) is 0 Å². The number of halogens is 3. The van der Waals surface area contributed by atoms with E-state index >= 15 is 0 Å². The Hall–Kier alpha value is -1.83. The normalized spacial score (nSPS) is 18.9. The molecule has 1 aliphatic rings. The van der Waals surface area contributed by atoms with Crippen molar-refractivity contribution in [3.8, 4) is 0 Å². The molecule has 1 saturated heterocycles. The van der Waals surface area contributed by atoms with E-state index in [-0.39, 0.29) is 11.6 Å². The second-order valence-corrected chi connectivity index (χ2v) is 6.35. The number of likely N-dealkylation sites (tertiary alicyclic amines) is 1. The van der Waals surface area contributed by atoms with Gasteiger partial charge in [-0.1, -0.05) is 0 Å². The summed E-state index contributed by atoms with van der Waals surface area (Å²) in [7, 11) is 3.88. The third kappa shape index (κ3) is 4.37. The summed E-state index contributed by atoms with van der Waals surface area (Å²) in [4.78, 5) is 30.0. The number of hydrogen-bond acceptors (Lipinski definition) is 3. The average Bonchev–Trinajstić information content (AvgIpc) is 2.51. The Balaban J connectivity index is 2.21. The molecule has 24 heavy (non-hydrogen) atoms. The van der Waals surface area contributed by atoms with Crippen LogP contribution < -0.4 is 5.56 Å². The molecule has 1 atom stereocenters. The SMILES string of the molecule is CN(C)CC[C@H]1CCCCN1C(=O)c1ccc(C(F)(F)F)[nH]c1=O. The molecule has 134 valence electrons. The van der Waals surface area contributed by atoms with Gasteiger partial charge in [-0.3, -0.25) is 9.59 Å². The molecule has 0 aliphatic carbocycles. The Morgan fingerprint density at radius 2 is 2.04 bits per heavy atom. The third-order valence-electron chi connectivity index (χ3n) is 4.24. The minimum Gasteiger partial charge on any atom is -0.335 e. The first-order valence-electron chi connectivity index (χ1n) is 7.96. The van der Waals surface area contributed by atoms with Gasteiger partial charge in [0.25, 0.3) is 11.5 Å². The highest BCUT2D eigenvalue weighted by Crippen LogP contribution is 2.27. The fourth-order valence-corrected chi connectivity index (χ4v) is 2.94. The zero-order valence-electron chi connectivity index (χ0n) is 13.8. The summed E-state index contributed by atoms with van der Waals surface area (Å²) >= 11 is 0. The van der Waals surface area contributed by atoms with E-state index in [9.17, 15) is 22.8 Å². The first-order chi connectivity index (χ1) is 11.2. The molecule has 1 amide bonds. The van der Waals surface area contributed by atoms with Crippen LogP contribution in [0.2, 0.25) is 0 Å². The number of H-pyrrole nitrogens is 1. The molecule has 0 aromatic carbocycles. The average molecular weight is 345 g/mol. The summed E-state index contributed by atoms with van der Waals surface area (Å²) < 4.78 is 37.9. The highest BCUT2D eigenvalue weighted by molar-refractivity contribution is 5.94. The number of aromatic amines is 1. The molecule has 1 aliphatic heterocycles. The van der Waals surface area contributed by atoms with Gasteiger partial charge in [0.2, 0.25) is 0 Å². The van der Waals surface area contributed by atoms with Gasteiger partial charge < -0.3 is 14.8 Å². The summed E-state index contributed by atoms with van der Waals surface area (Å²) in [5.41, 5.74) is -2.38. The van der Waals surface area contributed by atoms with Crippen molar-refractivity contribution in [3.63, 3.8) is 0 Å². The Bertz CT molecular complexity index is 640. The molecule has 2 heterocycles. The van der Waals surface area contributed by atoms with Crippen molar-refractivity contribution in [1.82, 2.24) is 14.8 Å². The van der Waals surface area contributed by atoms with E-state index in [0.29, 0.717) is 6.54 Å². The van der Waals surface area contributed by atoms with Crippen molar-refractivity contribution in [3.05, 3.63) is 33.7 Å². The van der Waals surface area contributed by atoms with Gasteiger partial charge in [0, 0.05) is 12.6 Å². The lowest BCUT2D eigenvalue weighted by Crippen LogP contribution is -2.46. The van der Waals surface area contributed by atoms with E-state index in [1.807, 2.05) is 19.0 Å². The number of hydrogen-bond donors (Lipinski definition) is 1. The number of aromatic nitrogens is 1. The van der Waals surface area contributed by atoms with Crippen LogP contribution in [0.25, 0.3) is 0 Å². The summed E-state index contributed by atoms with van der Waals surface area (Å²) in [6, 6.07) is 1.73. The first-order valence-corrected chi connectivity index (χ1v) is 7.96. The lowest BCUT2D eigenvalue weighted by atomic mass is 9.98. The molecule has 0 unspecified atom stereocenters. The van der Waals surface area contributed by atoms with E-state index < -0.39 is 23.3 Å². The molecule has 1 aromatic heterocycles. The van der Waals surface area contributed by atoms with Gasteiger partial charge in [-0.15, -0.1) is 0 Å². The van der Waals surface area contributed by atoms with E-state index in [0.717, 1.165) is 44.4 Å². The Morgan fingerprint density at radius 1 is 1.33 bits per heavy atom. The smallest absolute Gasteiger partial charge is 0.335 e. The highest BCUT2D eigenvalue weighted by Gasteiger charge is 2.33. The molecular formula is C16H22F3N3O2. The summed E-state index contributed by atoms with van der Waals surface area (Å²) in [5.74, 6) is -0.492. The zero-order chi connectivity index (χ0) is 17.9. The van der Waals surface area contributed by atoms with E-state index in [1.165, 1.54) is 0 Å². The molecule has 1 N–H and O–H groups in total. The standard InChI is InChI=1S/C16H22F3N3O2/c1-21(2)10-8-11-5-3-4-9-22(11)15(24)12-6-7-13(16(17,18)19)20-14(12)23/h6-7,11H,3-5,8-10H2,1-2H3,(H,20,23)/t11-/m1/s1. The maximum Gasteiger partial charge on any atom is 0.431 e. The van der Waals surface area contributed by atoms with Gasteiger partial charge in [0.1, 0.15) is 11.3 Å². The molecule has 0 spiro atoms. The number of carbonyl (C=O) groups excluding carboxylic acids is 1. The molecule has 1 aromatic rings. The van der Waals surface area contributed by atoms with Crippen LogP contribution in [0.5, 0.6) is 0 Å². The second-order valence-electron chi connectivity index (χ2n) is 6.35. The fourth-order valence-electron chi connectivity index (χ4n) is 2.94. The lowest BCUT2D eigenvalue weighted by Gasteiger charge is -2.36. The van der Waals surface area contributed by atoms with Crippen molar-refractivity contribution in [2.45, 2.75) is 37.9 Å². The quantitative estimate of drug-likeness (QED) is 0.911. The van der Waals surface area contributed by atoms with Crippen LogP contribution >= 0.6 is 0 Å².